The van der Waals surface area contributed by atoms with E-state index in [1.807, 2.05) is 30.3 Å². The predicted molar refractivity (Wildman–Crippen MR) is 64.8 cm³/mol. The lowest BCUT2D eigenvalue weighted by atomic mass is 10.1. The van der Waals surface area contributed by atoms with Crippen molar-refractivity contribution in [2.24, 2.45) is 0 Å². The Balaban J connectivity index is 2.20. The summed E-state index contributed by atoms with van der Waals surface area (Å²) in [5.41, 5.74) is 1.46. The minimum Gasteiger partial charge on any atom is -0.366 e. The van der Waals surface area contributed by atoms with Gasteiger partial charge in [0.1, 0.15) is 11.9 Å². The minimum atomic E-state index is -0.474. The van der Waals surface area contributed by atoms with Crippen LogP contribution in [0.3, 0.4) is 0 Å². The molecular formula is C14H11FN2. The minimum absolute atomic E-state index is 0.320. The van der Waals surface area contributed by atoms with Crippen LogP contribution in [0.1, 0.15) is 11.6 Å². The largest absolute Gasteiger partial charge is 0.366 e. The summed E-state index contributed by atoms with van der Waals surface area (Å²) in [4.78, 5) is 0. The van der Waals surface area contributed by atoms with Crippen molar-refractivity contribution in [3.63, 3.8) is 0 Å². The van der Waals surface area contributed by atoms with E-state index in [-0.39, 0.29) is 5.82 Å². The first-order valence-electron chi connectivity index (χ1n) is 5.26. The fourth-order valence-corrected chi connectivity index (χ4v) is 1.58. The summed E-state index contributed by atoms with van der Waals surface area (Å²) in [6.07, 6.45) is 0. The number of nitrogens with one attached hydrogen (secondary N) is 1. The first kappa shape index (κ1) is 11.2. The van der Waals surface area contributed by atoms with Crippen LogP contribution in [-0.2, 0) is 0 Å². The number of hydrogen-bond acceptors (Lipinski definition) is 2. The first-order valence-corrected chi connectivity index (χ1v) is 5.26. The molecule has 1 unspecified atom stereocenters. The summed E-state index contributed by atoms with van der Waals surface area (Å²) in [5, 5.41) is 12.1. The van der Waals surface area contributed by atoms with Gasteiger partial charge in [0, 0.05) is 5.69 Å². The van der Waals surface area contributed by atoms with Crippen LogP contribution in [0.4, 0.5) is 10.1 Å². The van der Waals surface area contributed by atoms with Crippen molar-refractivity contribution >= 4 is 5.69 Å². The van der Waals surface area contributed by atoms with Crippen LogP contribution < -0.4 is 5.32 Å². The predicted octanol–water partition coefficient (Wildman–Crippen LogP) is 3.50. The Hall–Kier alpha value is -2.34. The molecule has 17 heavy (non-hydrogen) atoms. The molecule has 2 aromatic carbocycles. The van der Waals surface area contributed by atoms with Gasteiger partial charge in [-0.05, 0) is 23.8 Å². The van der Waals surface area contributed by atoms with Crippen molar-refractivity contribution in [1.29, 1.82) is 5.26 Å². The molecule has 0 spiro atoms. The third-order valence-corrected chi connectivity index (χ3v) is 2.40. The molecule has 2 aromatic rings. The lowest BCUT2D eigenvalue weighted by Crippen LogP contribution is -2.08. The molecule has 0 bridgehead atoms. The highest BCUT2D eigenvalue weighted by atomic mass is 19.1. The topological polar surface area (TPSA) is 35.8 Å². The van der Waals surface area contributed by atoms with Gasteiger partial charge in [0.25, 0.3) is 0 Å². The van der Waals surface area contributed by atoms with Gasteiger partial charge in [0.2, 0.25) is 0 Å². The molecule has 0 radical (unpaired) electrons. The number of anilines is 1. The lowest BCUT2D eigenvalue weighted by Gasteiger charge is -2.13. The van der Waals surface area contributed by atoms with E-state index in [0.29, 0.717) is 5.69 Å². The van der Waals surface area contributed by atoms with Crippen LogP contribution in [0, 0.1) is 17.1 Å². The summed E-state index contributed by atoms with van der Waals surface area (Å²) in [6.45, 7) is 0. The van der Waals surface area contributed by atoms with Crippen LogP contribution >= 0.6 is 0 Å². The van der Waals surface area contributed by atoms with E-state index in [9.17, 15) is 4.39 Å². The monoisotopic (exact) mass is 226 g/mol. The summed E-state index contributed by atoms with van der Waals surface area (Å²) < 4.78 is 13.0. The number of nitrogens with zero attached hydrogens (tertiary/aromatic N) is 1. The second-order valence-corrected chi connectivity index (χ2v) is 3.63. The van der Waals surface area contributed by atoms with Crippen LogP contribution in [-0.4, -0.2) is 0 Å². The fraction of sp³-hybridized carbons (Fsp3) is 0.0714. The average Bonchev–Trinajstić information content (AvgIpc) is 2.37. The molecule has 0 aliphatic carbocycles. The van der Waals surface area contributed by atoms with Gasteiger partial charge in [-0.2, -0.15) is 5.26 Å². The molecule has 0 aliphatic heterocycles. The number of rotatable bonds is 3. The Morgan fingerprint density at radius 2 is 1.82 bits per heavy atom. The van der Waals surface area contributed by atoms with E-state index >= 15 is 0 Å². The fourth-order valence-electron chi connectivity index (χ4n) is 1.58. The number of nitriles is 1. The molecule has 0 saturated heterocycles. The maximum absolute atomic E-state index is 13.0. The average molecular weight is 226 g/mol. The zero-order valence-corrected chi connectivity index (χ0v) is 9.10. The van der Waals surface area contributed by atoms with Crippen molar-refractivity contribution in [2.75, 3.05) is 5.32 Å². The van der Waals surface area contributed by atoms with E-state index in [4.69, 9.17) is 5.26 Å². The number of halogens is 1. The zero-order chi connectivity index (χ0) is 12.1. The maximum Gasteiger partial charge on any atom is 0.140 e. The van der Waals surface area contributed by atoms with Gasteiger partial charge in [0.15, 0.2) is 0 Å². The van der Waals surface area contributed by atoms with Crippen molar-refractivity contribution < 1.29 is 4.39 Å². The third-order valence-electron chi connectivity index (χ3n) is 2.40. The van der Waals surface area contributed by atoms with Crippen molar-refractivity contribution in [3.8, 4) is 6.07 Å². The van der Waals surface area contributed by atoms with E-state index in [0.717, 1.165) is 5.56 Å². The molecule has 0 fully saturated rings. The standard InChI is InChI=1S/C14H11FN2/c15-12-7-4-8-13(9-12)17-14(10-16)11-5-2-1-3-6-11/h1-9,14,17H. The second-order valence-electron chi connectivity index (χ2n) is 3.63. The van der Waals surface area contributed by atoms with E-state index < -0.39 is 6.04 Å². The molecule has 1 atom stereocenters. The molecule has 2 rings (SSSR count). The molecule has 0 heterocycles. The normalized spacial score (nSPS) is 11.5. The van der Waals surface area contributed by atoms with E-state index in [1.54, 1.807) is 12.1 Å². The molecule has 0 aromatic heterocycles. The summed E-state index contributed by atoms with van der Waals surface area (Å²) in [6, 6.07) is 17.1. The molecule has 1 N–H and O–H groups in total. The molecule has 0 aliphatic rings. The van der Waals surface area contributed by atoms with E-state index in [1.165, 1.54) is 12.1 Å². The van der Waals surface area contributed by atoms with Gasteiger partial charge in [0.05, 0.1) is 6.07 Å². The Morgan fingerprint density at radius 3 is 2.47 bits per heavy atom. The van der Waals surface area contributed by atoms with Crippen molar-refractivity contribution in [3.05, 3.63) is 66.0 Å². The maximum atomic E-state index is 13.0. The van der Waals surface area contributed by atoms with Crippen molar-refractivity contribution in [2.45, 2.75) is 6.04 Å². The van der Waals surface area contributed by atoms with Gasteiger partial charge in [-0.15, -0.1) is 0 Å². The van der Waals surface area contributed by atoms with Gasteiger partial charge in [-0.1, -0.05) is 36.4 Å². The number of benzene rings is 2. The van der Waals surface area contributed by atoms with Gasteiger partial charge in [-0.3, -0.25) is 0 Å². The smallest absolute Gasteiger partial charge is 0.140 e. The highest BCUT2D eigenvalue weighted by molar-refractivity contribution is 5.47. The first-order chi connectivity index (χ1) is 8.29. The SMILES string of the molecule is N#CC(Nc1cccc(F)c1)c1ccccc1. The van der Waals surface area contributed by atoms with Crippen LogP contribution in [0.15, 0.2) is 54.6 Å². The van der Waals surface area contributed by atoms with Gasteiger partial charge >= 0.3 is 0 Å². The van der Waals surface area contributed by atoms with E-state index in [2.05, 4.69) is 11.4 Å². The Morgan fingerprint density at radius 1 is 1.06 bits per heavy atom. The van der Waals surface area contributed by atoms with Crippen LogP contribution in [0.25, 0.3) is 0 Å². The highest BCUT2D eigenvalue weighted by Gasteiger charge is 2.09. The molecular weight excluding hydrogens is 215 g/mol. The highest BCUT2D eigenvalue weighted by Crippen LogP contribution is 2.19. The van der Waals surface area contributed by atoms with Gasteiger partial charge < -0.3 is 5.32 Å². The Bertz CT molecular complexity index is 531. The summed E-state index contributed by atoms with van der Waals surface area (Å²) in [5.74, 6) is -0.320. The van der Waals surface area contributed by atoms with Crippen LogP contribution in [0.2, 0.25) is 0 Å². The zero-order valence-electron chi connectivity index (χ0n) is 9.10. The lowest BCUT2D eigenvalue weighted by molar-refractivity contribution is 0.628. The molecule has 0 amide bonds. The number of hydrogen-bond donors (Lipinski definition) is 1. The Kier molecular flexibility index (Phi) is 3.37. The Labute approximate surface area is 99.3 Å². The van der Waals surface area contributed by atoms with Crippen molar-refractivity contribution in [1.82, 2.24) is 0 Å². The summed E-state index contributed by atoms with van der Waals surface area (Å²) >= 11 is 0. The second kappa shape index (κ2) is 5.13. The molecule has 84 valence electrons. The quantitative estimate of drug-likeness (QED) is 0.869. The third kappa shape index (κ3) is 2.82. The summed E-state index contributed by atoms with van der Waals surface area (Å²) in [7, 11) is 0. The molecule has 3 heteroatoms. The molecule has 0 saturated carbocycles. The van der Waals surface area contributed by atoms with Gasteiger partial charge in [-0.25, -0.2) is 4.39 Å². The van der Waals surface area contributed by atoms with Crippen LogP contribution in [0.5, 0.6) is 0 Å². The molecule has 2 nitrogen and oxygen atoms in total.